The largest absolute Gasteiger partial charge is 0.493 e. The molecule has 2 aromatic rings. The molecule has 18 heavy (non-hydrogen) atoms. The molecule has 0 saturated carbocycles. The zero-order chi connectivity index (χ0) is 12.8. The molecule has 0 radical (unpaired) electrons. The maximum absolute atomic E-state index is 5.88. The summed E-state index contributed by atoms with van der Waals surface area (Å²) in [7, 11) is 1.64. The number of nitrogen functional groups attached to an aromatic ring is 1. The summed E-state index contributed by atoms with van der Waals surface area (Å²) in [4.78, 5) is 0. The molecule has 0 atom stereocenters. The molecule has 0 amide bonds. The molecule has 0 heterocycles. The zero-order valence-electron chi connectivity index (χ0n) is 10.4. The van der Waals surface area contributed by atoms with Crippen LogP contribution in [0.25, 0.3) is 0 Å². The first-order valence-electron chi connectivity index (χ1n) is 5.90. The van der Waals surface area contributed by atoms with Crippen molar-refractivity contribution in [2.75, 3.05) is 19.5 Å². The highest BCUT2D eigenvalue weighted by Crippen LogP contribution is 2.26. The number of hydrogen-bond acceptors (Lipinski definition) is 3. The number of benzene rings is 2. The van der Waals surface area contributed by atoms with Crippen LogP contribution < -0.4 is 15.2 Å². The average molecular weight is 243 g/mol. The second-order valence-corrected chi connectivity index (χ2v) is 3.95. The van der Waals surface area contributed by atoms with Crippen LogP contribution in [0.15, 0.2) is 48.5 Å². The summed E-state index contributed by atoms with van der Waals surface area (Å²) in [6.45, 7) is 0.578. The fraction of sp³-hybridized carbons (Fsp3) is 0.200. The monoisotopic (exact) mass is 243 g/mol. The van der Waals surface area contributed by atoms with Crippen LogP contribution in [-0.2, 0) is 6.42 Å². The molecule has 0 saturated heterocycles. The molecule has 94 valence electrons. The van der Waals surface area contributed by atoms with Crippen molar-refractivity contribution in [3.8, 4) is 11.5 Å². The van der Waals surface area contributed by atoms with Gasteiger partial charge in [0, 0.05) is 12.1 Å². The Kier molecular flexibility index (Phi) is 4.07. The molecule has 0 aliphatic rings. The van der Waals surface area contributed by atoms with E-state index in [9.17, 15) is 0 Å². The number of nitrogens with two attached hydrogens (primary N) is 1. The van der Waals surface area contributed by atoms with E-state index in [1.807, 2.05) is 48.5 Å². The minimum absolute atomic E-state index is 0.578. The Labute approximate surface area is 107 Å². The highest BCUT2D eigenvalue weighted by molar-refractivity contribution is 5.46. The number of para-hydroxylation sites is 3. The van der Waals surface area contributed by atoms with Crippen molar-refractivity contribution < 1.29 is 9.47 Å². The lowest BCUT2D eigenvalue weighted by atomic mass is 10.1. The molecule has 3 heteroatoms. The maximum Gasteiger partial charge on any atom is 0.161 e. The highest BCUT2D eigenvalue weighted by Gasteiger charge is 2.03. The topological polar surface area (TPSA) is 44.5 Å². The lowest BCUT2D eigenvalue weighted by molar-refractivity contribution is 0.298. The number of anilines is 1. The van der Waals surface area contributed by atoms with Crippen LogP contribution in [0.3, 0.4) is 0 Å². The summed E-state index contributed by atoms with van der Waals surface area (Å²) in [6.07, 6.45) is 0.782. The maximum atomic E-state index is 5.88. The molecular weight excluding hydrogens is 226 g/mol. The smallest absolute Gasteiger partial charge is 0.161 e. The van der Waals surface area contributed by atoms with Gasteiger partial charge in [-0.15, -0.1) is 0 Å². The lowest BCUT2D eigenvalue weighted by Gasteiger charge is -2.11. The summed E-state index contributed by atoms with van der Waals surface area (Å²) in [5.41, 5.74) is 7.79. The molecule has 0 spiro atoms. The molecule has 0 aliphatic carbocycles. The van der Waals surface area contributed by atoms with E-state index < -0.39 is 0 Å². The van der Waals surface area contributed by atoms with Gasteiger partial charge in [0.15, 0.2) is 11.5 Å². The molecule has 0 bridgehead atoms. The first-order chi connectivity index (χ1) is 8.81. The van der Waals surface area contributed by atoms with Crippen LogP contribution in [0.1, 0.15) is 5.56 Å². The van der Waals surface area contributed by atoms with Gasteiger partial charge in [-0.05, 0) is 23.8 Å². The van der Waals surface area contributed by atoms with Crippen LogP contribution >= 0.6 is 0 Å². The first-order valence-corrected chi connectivity index (χ1v) is 5.90. The predicted molar refractivity (Wildman–Crippen MR) is 73.0 cm³/mol. The molecule has 2 aromatic carbocycles. The Morgan fingerprint density at radius 1 is 0.944 bits per heavy atom. The molecule has 0 aromatic heterocycles. The van der Waals surface area contributed by atoms with Crippen LogP contribution in [0.5, 0.6) is 11.5 Å². The third-order valence-corrected chi connectivity index (χ3v) is 2.75. The average Bonchev–Trinajstić information content (AvgIpc) is 2.41. The van der Waals surface area contributed by atoms with Gasteiger partial charge >= 0.3 is 0 Å². The number of hydrogen-bond donors (Lipinski definition) is 1. The summed E-state index contributed by atoms with van der Waals surface area (Å²) in [5, 5.41) is 0. The van der Waals surface area contributed by atoms with Gasteiger partial charge in [-0.2, -0.15) is 0 Å². The molecular formula is C15H17NO2. The summed E-state index contributed by atoms with van der Waals surface area (Å²) in [5.74, 6) is 1.51. The standard InChI is InChI=1S/C15H17NO2/c1-17-14-8-4-5-9-15(14)18-11-10-12-6-2-3-7-13(12)16/h2-9H,10-11,16H2,1H3. The number of ether oxygens (including phenoxy) is 2. The SMILES string of the molecule is COc1ccccc1OCCc1ccccc1N. The Balaban J connectivity index is 1.95. The zero-order valence-corrected chi connectivity index (χ0v) is 10.4. The molecule has 0 unspecified atom stereocenters. The van der Waals surface area contributed by atoms with Crippen LogP contribution in [0.4, 0.5) is 5.69 Å². The van der Waals surface area contributed by atoms with E-state index in [4.69, 9.17) is 15.2 Å². The van der Waals surface area contributed by atoms with Crippen LogP contribution in [-0.4, -0.2) is 13.7 Å². The van der Waals surface area contributed by atoms with Crippen molar-refractivity contribution in [2.45, 2.75) is 6.42 Å². The van der Waals surface area contributed by atoms with Crippen molar-refractivity contribution in [1.29, 1.82) is 0 Å². The lowest BCUT2D eigenvalue weighted by Crippen LogP contribution is -2.04. The summed E-state index contributed by atoms with van der Waals surface area (Å²) < 4.78 is 10.9. The number of methoxy groups -OCH3 is 1. The Hall–Kier alpha value is -2.16. The predicted octanol–water partition coefficient (Wildman–Crippen LogP) is 2.90. The van der Waals surface area contributed by atoms with E-state index in [1.54, 1.807) is 7.11 Å². The normalized spacial score (nSPS) is 10.1. The van der Waals surface area contributed by atoms with E-state index in [0.29, 0.717) is 6.61 Å². The van der Waals surface area contributed by atoms with E-state index >= 15 is 0 Å². The van der Waals surface area contributed by atoms with Crippen molar-refractivity contribution in [2.24, 2.45) is 0 Å². The Morgan fingerprint density at radius 2 is 1.61 bits per heavy atom. The van der Waals surface area contributed by atoms with Crippen LogP contribution in [0.2, 0.25) is 0 Å². The third-order valence-electron chi connectivity index (χ3n) is 2.75. The molecule has 2 N–H and O–H groups in total. The van der Waals surface area contributed by atoms with Crippen molar-refractivity contribution in [3.05, 3.63) is 54.1 Å². The first kappa shape index (κ1) is 12.3. The quantitative estimate of drug-likeness (QED) is 0.821. The van der Waals surface area contributed by atoms with Gasteiger partial charge in [0.1, 0.15) is 0 Å². The van der Waals surface area contributed by atoms with Crippen LogP contribution in [0, 0.1) is 0 Å². The molecule has 3 nitrogen and oxygen atoms in total. The minimum atomic E-state index is 0.578. The molecule has 0 fully saturated rings. The third kappa shape index (κ3) is 2.94. The number of rotatable bonds is 5. The fourth-order valence-electron chi connectivity index (χ4n) is 1.77. The molecule has 2 rings (SSSR count). The Bertz CT molecular complexity index is 511. The van der Waals surface area contributed by atoms with Crippen molar-refractivity contribution >= 4 is 5.69 Å². The van der Waals surface area contributed by atoms with Gasteiger partial charge in [0.2, 0.25) is 0 Å². The summed E-state index contributed by atoms with van der Waals surface area (Å²) in [6, 6.07) is 15.4. The van der Waals surface area contributed by atoms with Crippen molar-refractivity contribution in [3.63, 3.8) is 0 Å². The van der Waals surface area contributed by atoms with Gasteiger partial charge in [-0.1, -0.05) is 30.3 Å². The Morgan fingerprint density at radius 3 is 2.33 bits per heavy atom. The van der Waals surface area contributed by atoms with E-state index in [2.05, 4.69) is 0 Å². The van der Waals surface area contributed by atoms with Gasteiger partial charge in [0.05, 0.1) is 13.7 Å². The minimum Gasteiger partial charge on any atom is -0.493 e. The van der Waals surface area contributed by atoms with E-state index in [1.165, 1.54) is 0 Å². The highest BCUT2D eigenvalue weighted by atomic mass is 16.5. The van der Waals surface area contributed by atoms with Crippen molar-refractivity contribution in [1.82, 2.24) is 0 Å². The summed E-state index contributed by atoms with van der Waals surface area (Å²) >= 11 is 0. The van der Waals surface area contributed by atoms with Gasteiger partial charge in [0.25, 0.3) is 0 Å². The van der Waals surface area contributed by atoms with Gasteiger partial charge in [-0.25, -0.2) is 0 Å². The second-order valence-electron chi connectivity index (χ2n) is 3.95. The fourth-order valence-corrected chi connectivity index (χ4v) is 1.77. The second kappa shape index (κ2) is 5.96. The molecule has 0 aliphatic heterocycles. The van der Waals surface area contributed by atoms with Gasteiger partial charge in [-0.3, -0.25) is 0 Å². The van der Waals surface area contributed by atoms with E-state index in [0.717, 1.165) is 29.2 Å². The van der Waals surface area contributed by atoms with Gasteiger partial charge < -0.3 is 15.2 Å². The van der Waals surface area contributed by atoms with E-state index in [-0.39, 0.29) is 0 Å².